The molecular weight excluding hydrogens is 82.0 g/mol. The van der Waals surface area contributed by atoms with Gasteiger partial charge >= 0.3 is 0 Å². The van der Waals surface area contributed by atoms with Crippen LogP contribution in [0.3, 0.4) is 0 Å². The van der Waals surface area contributed by atoms with E-state index in [9.17, 15) is 4.79 Å². The third-order valence-electron chi connectivity index (χ3n) is 0.199. The highest BCUT2D eigenvalue weighted by Gasteiger charge is 1.60. The van der Waals surface area contributed by atoms with Crippen molar-refractivity contribution in [2.75, 3.05) is 0 Å². The molecule has 3 heteroatoms. The highest BCUT2D eigenvalue weighted by atomic mass is 16.6. The highest BCUT2D eigenvalue weighted by molar-refractivity contribution is 5.43. The molecule has 0 unspecified atom stereocenters. The maximum absolute atomic E-state index is 9.28. The van der Waals surface area contributed by atoms with E-state index in [1.807, 2.05) is 5.48 Å². The van der Waals surface area contributed by atoms with Crippen molar-refractivity contribution in [2.45, 2.75) is 0 Å². The van der Waals surface area contributed by atoms with E-state index in [2.05, 4.69) is 11.4 Å². The van der Waals surface area contributed by atoms with Crippen LogP contribution in [0.25, 0.3) is 0 Å². The summed E-state index contributed by atoms with van der Waals surface area (Å²) in [7, 11) is 0. The molecule has 0 fully saturated rings. The van der Waals surface area contributed by atoms with Crippen LogP contribution in [0.1, 0.15) is 0 Å². The maximum Gasteiger partial charge on any atom is 0.239 e. The zero-order valence-electron chi connectivity index (χ0n) is 3.18. The SMILES string of the molecule is C=CONC=O. The summed E-state index contributed by atoms with van der Waals surface area (Å²) in [4.78, 5) is 13.4. The molecule has 0 spiro atoms. The molecule has 0 aliphatic carbocycles. The van der Waals surface area contributed by atoms with E-state index in [0.29, 0.717) is 6.41 Å². The lowest BCUT2D eigenvalue weighted by atomic mass is 11.2. The van der Waals surface area contributed by atoms with Gasteiger partial charge in [0.2, 0.25) is 6.41 Å². The smallest absolute Gasteiger partial charge is 0.239 e. The average molecular weight is 87.1 g/mol. The lowest BCUT2D eigenvalue weighted by molar-refractivity contribution is -0.117. The monoisotopic (exact) mass is 87.0 g/mol. The molecule has 0 radical (unpaired) electrons. The molecule has 3 nitrogen and oxygen atoms in total. The third-order valence-corrected chi connectivity index (χ3v) is 0.199. The van der Waals surface area contributed by atoms with Crippen LogP contribution in [0.4, 0.5) is 0 Å². The van der Waals surface area contributed by atoms with Crippen molar-refractivity contribution in [1.29, 1.82) is 0 Å². The normalized spacial score (nSPS) is 6.00. The van der Waals surface area contributed by atoms with Crippen LogP contribution in [-0.2, 0) is 9.63 Å². The molecule has 0 saturated carbocycles. The van der Waals surface area contributed by atoms with Crippen molar-refractivity contribution < 1.29 is 9.63 Å². The van der Waals surface area contributed by atoms with E-state index in [1.54, 1.807) is 0 Å². The molecule has 0 aromatic heterocycles. The van der Waals surface area contributed by atoms with Crippen molar-refractivity contribution in [1.82, 2.24) is 5.48 Å². The standard InChI is InChI=1S/C3H5NO2/c1-2-6-4-3-5/h2-3H,1H2,(H,4,5). The second kappa shape index (κ2) is 4.01. The highest BCUT2D eigenvalue weighted by Crippen LogP contribution is 1.54. The predicted octanol–water partition coefficient (Wildman–Crippen LogP) is -0.193. The molecule has 0 heterocycles. The van der Waals surface area contributed by atoms with Crippen molar-refractivity contribution in [3.05, 3.63) is 12.8 Å². The van der Waals surface area contributed by atoms with Gasteiger partial charge in [-0.3, -0.25) is 4.79 Å². The minimum Gasteiger partial charge on any atom is -0.388 e. The molecule has 0 aromatic rings. The second-order valence-electron chi connectivity index (χ2n) is 0.520. The Kier molecular flexibility index (Phi) is 3.35. The Morgan fingerprint density at radius 2 is 2.50 bits per heavy atom. The zero-order chi connectivity index (χ0) is 4.83. The number of carbonyl (C=O) groups excluding carboxylic acids is 1. The lowest BCUT2D eigenvalue weighted by Crippen LogP contribution is -2.05. The van der Waals surface area contributed by atoms with Crippen LogP contribution >= 0.6 is 0 Å². The fourth-order valence-electron chi connectivity index (χ4n) is 0.0759. The topological polar surface area (TPSA) is 38.3 Å². The van der Waals surface area contributed by atoms with E-state index in [0.717, 1.165) is 6.26 Å². The first kappa shape index (κ1) is 5.01. The predicted molar refractivity (Wildman–Crippen MR) is 20.5 cm³/mol. The number of hydrogen-bond acceptors (Lipinski definition) is 2. The van der Waals surface area contributed by atoms with Gasteiger partial charge in [-0.1, -0.05) is 6.58 Å². The van der Waals surface area contributed by atoms with Gasteiger partial charge in [0.25, 0.3) is 0 Å². The van der Waals surface area contributed by atoms with E-state index in [-0.39, 0.29) is 0 Å². The number of hydroxylamine groups is 1. The summed E-state index contributed by atoms with van der Waals surface area (Å²) in [6.07, 6.45) is 1.54. The molecule has 0 aromatic carbocycles. The number of carbonyl (C=O) groups is 1. The molecule has 1 amide bonds. The molecule has 0 aliphatic rings. The lowest BCUT2D eigenvalue weighted by Gasteiger charge is -1.87. The quantitative estimate of drug-likeness (QED) is 0.224. The van der Waals surface area contributed by atoms with Gasteiger partial charge in [0.15, 0.2) is 0 Å². The van der Waals surface area contributed by atoms with Crippen LogP contribution in [0.2, 0.25) is 0 Å². The van der Waals surface area contributed by atoms with E-state index in [4.69, 9.17) is 0 Å². The summed E-state index contributed by atoms with van der Waals surface area (Å²) in [6.45, 7) is 3.15. The molecule has 0 atom stereocenters. The Bertz CT molecular complexity index is 44.8. The first-order chi connectivity index (χ1) is 2.91. The minimum absolute atomic E-state index is 0.418. The number of hydrogen-bond donors (Lipinski definition) is 1. The van der Waals surface area contributed by atoms with Crippen molar-refractivity contribution in [2.24, 2.45) is 0 Å². The Morgan fingerprint density at radius 3 is 2.67 bits per heavy atom. The number of nitrogens with one attached hydrogen (secondary N) is 1. The van der Waals surface area contributed by atoms with Gasteiger partial charge in [-0.05, 0) is 0 Å². The fraction of sp³-hybridized carbons (Fsp3) is 0. The van der Waals surface area contributed by atoms with Crippen molar-refractivity contribution >= 4 is 6.41 Å². The summed E-state index contributed by atoms with van der Waals surface area (Å²) < 4.78 is 0. The number of rotatable bonds is 3. The average Bonchev–Trinajstić information content (AvgIpc) is 1.61. The van der Waals surface area contributed by atoms with Gasteiger partial charge in [0, 0.05) is 0 Å². The zero-order valence-corrected chi connectivity index (χ0v) is 3.18. The van der Waals surface area contributed by atoms with Gasteiger partial charge < -0.3 is 4.84 Å². The molecule has 0 saturated heterocycles. The fourth-order valence-corrected chi connectivity index (χ4v) is 0.0759. The first-order valence-electron chi connectivity index (χ1n) is 1.37. The van der Waals surface area contributed by atoms with E-state index in [1.165, 1.54) is 0 Å². The van der Waals surface area contributed by atoms with Gasteiger partial charge in [0.1, 0.15) is 6.26 Å². The summed E-state index contributed by atoms with van der Waals surface area (Å²) in [5.74, 6) is 0. The van der Waals surface area contributed by atoms with E-state index < -0.39 is 0 Å². The van der Waals surface area contributed by atoms with Crippen LogP contribution in [0, 0.1) is 0 Å². The van der Waals surface area contributed by atoms with Crippen LogP contribution in [0.5, 0.6) is 0 Å². The van der Waals surface area contributed by atoms with Crippen molar-refractivity contribution in [3.8, 4) is 0 Å². The Morgan fingerprint density at radius 1 is 1.83 bits per heavy atom. The van der Waals surface area contributed by atoms with E-state index >= 15 is 0 Å². The molecule has 0 aliphatic heterocycles. The van der Waals surface area contributed by atoms with Crippen molar-refractivity contribution in [3.63, 3.8) is 0 Å². The summed E-state index contributed by atoms with van der Waals surface area (Å²) in [5, 5.41) is 0. The minimum atomic E-state index is 0.418. The molecule has 0 rings (SSSR count). The Hall–Kier alpha value is -0.990. The molecular formula is C3H5NO2. The maximum atomic E-state index is 9.28. The van der Waals surface area contributed by atoms with Crippen LogP contribution in [0.15, 0.2) is 12.8 Å². The summed E-state index contributed by atoms with van der Waals surface area (Å²) >= 11 is 0. The van der Waals surface area contributed by atoms with Gasteiger partial charge in [-0.15, -0.1) is 0 Å². The summed E-state index contributed by atoms with van der Waals surface area (Å²) in [5.41, 5.74) is 1.90. The van der Waals surface area contributed by atoms with Gasteiger partial charge in [-0.2, -0.15) is 5.48 Å². The Balaban J connectivity index is 2.66. The van der Waals surface area contributed by atoms with Crippen LogP contribution in [-0.4, -0.2) is 6.41 Å². The third kappa shape index (κ3) is 3.01. The molecule has 6 heavy (non-hydrogen) atoms. The Labute approximate surface area is 35.6 Å². The first-order valence-corrected chi connectivity index (χ1v) is 1.37. The van der Waals surface area contributed by atoms with Crippen LogP contribution < -0.4 is 5.48 Å². The second-order valence-corrected chi connectivity index (χ2v) is 0.520. The number of amides is 1. The largest absolute Gasteiger partial charge is 0.388 e. The molecule has 0 bridgehead atoms. The molecule has 1 N–H and O–H groups in total. The summed E-state index contributed by atoms with van der Waals surface area (Å²) in [6, 6.07) is 0. The molecule has 34 valence electrons. The van der Waals surface area contributed by atoms with Gasteiger partial charge in [-0.25, -0.2) is 0 Å². The van der Waals surface area contributed by atoms with Gasteiger partial charge in [0.05, 0.1) is 0 Å².